The predicted molar refractivity (Wildman–Crippen MR) is 49.8 cm³/mol. The minimum absolute atomic E-state index is 0.311. The average Bonchev–Trinajstić information content (AvgIpc) is 1.97. The summed E-state index contributed by atoms with van der Waals surface area (Å²) in [6.45, 7) is 3.60. The fourth-order valence-corrected chi connectivity index (χ4v) is 3.03. The first kappa shape index (κ1) is 12.2. The van der Waals surface area contributed by atoms with Crippen molar-refractivity contribution in [2.45, 2.75) is 39.5 Å². The molecule has 0 aromatic carbocycles. The molecule has 76 valence electrons. The van der Waals surface area contributed by atoms with Crippen LogP contribution in [0.3, 0.4) is 0 Å². The molecule has 0 atom stereocenters. The van der Waals surface area contributed by atoms with E-state index in [0.29, 0.717) is 25.7 Å². The SMILES string of the molecule is CCCCP(F)(F)(F)CCCC. The van der Waals surface area contributed by atoms with Crippen molar-refractivity contribution in [1.82, 2.24) is 0 Å². The number of unbranched alkanes of at least 4 members (excludes halogenated alkanes) is 2. The van der Waals surface area contributed by atoms with Crippen molar-refractivity contribution in [3.05, 3.63) is 0 Å². The van der Waals surface area contributed by atoms with Gasteiger partial charge in [-0.2, -0.15) is 0 Å². The summed E-state index contributed by atoms with van der Waals surface area (Å²) in [6.07, 6.45) is 0.907. The summed E-state index contributed by atoms with van der Waals surface area (Å²) in [6, 6.07) is 0. The zero-order valence-corrected chi connectivity index (χ0v) is 8.72. The fraction of sp³-hybridized carbons (Fsp3) is 1.00. The van der Waals surface area contributed by atoms with Crippen LogP contribution in [0.5, 0.6) is 0 Å². The molecule has 12 heavy (non-hydrogen) atoms. The third-order valence-electron chi connectivity index (χ3n) is 1.85. The summed E-state index contributed by atoms with van der Waals surface area (Å²) in [5.74, 6) is 0. The molecule has 0 heterocycles. The Hall–Kier alpha value is 0.220. The molecular formula is C8H18F3P. The van der Waals surface area contributed by atoms with E-state index in [4.69, 9.17) is 0 Å². The molecule has 0 aromatic heterocycles. The number of hydrogen-bond acceptors (Lipinski definition) is 0. The van der Waals surface area contributed by atoms with Crippen LogP contribution >= 0.6 is 7.54 Å². The van der Waals surface area contributed by atoms with E-state index in [-0.39, 0.29) is 0 Å². The van der Waals surface area contributed by atoms with Gasteiger partial charge < -0.3 is 0 Å². The average molecular weight is 202 g/mol. The molecule has 0 bridgehead atoms. The molecular weight excluding hydrogens is 184 g/mol. The Morgan fingerprint density at radius 3 is 1.42 bits per heavy atom. The molecule has 0 N–H and O–H groups in total. The van der Waals surface area contributed by atoms with E-state index in [1.165, 1.54) is 0 Å². The van der Waals surface area contributed by atoms with Gasteiger partial charge in [-0.05, 0) is 0 Å². The Morgan fingerprint density at radius 2 is 1.17 bits per heavy atom. The molecule has 0 aliphatic heterocycles. The maximum atomic E-state index is 12.9. The van der Waals surface area contributed by atoms with E-state index < -0.39 is 19.9 Å². The molecule has 0 aromatic rings. The van der Waals surface area contributed by atoms with Crippen molar-refractivity contribution in [3.63, 3.8) is 0 Å². The molecule has 0 aliphatic rings. The molecule has 0 amide bonds. The molecule has 4 heteroatoms. The second-order valence-corrected chi connectivity index (χ2v) is 6.45. The second kappa shape index (κ2) is 4.45. The van der Waals surface area contributed by atoms with E-state index in [2.05, 4.69) is 0 Å². The van der Waals surface area contributed by atoms with Gasteiger partial charge in [0.1, 0.15) is 0 Å². The van der Waals surface area contributed by atoms with Gasteiger partial charge in [-0.25, -0.2) is 0 Å². The van der Waals surface area contributed by atoms with Gasteiger partial charge in [0.25, 0.3) is 0 Å². The summed E-state index contributed by atoms with van der Waals surface area (Å²) in [5.41, 5.74) is 0. The first-order valence-electron chi connectivity index (χ1n) is 4.55. The van der Waals surface area contributed by atoms with Crippen LogP contribution in [-0.2, 0) is 0 Å². The Morgan fingerprint density at radius 1 is 0.833 bits per heavy atom. The van der Waals surface area contributed by atoms with Crippen molar-refractivity contribution in [3.8, 4) is 0 Å². The number of hydrogen-bond donors (Lipinski definition) is 0. The number of halogens is 3. The normalized spacial score (nSPS) is 15.6. The molecule has 0 fully saturated rings. The van der Waals surface area contributed by atoms with Gasteiger partial charge in [0.2, 0.25) is 0 Å². The Balaban J connectivity index is 3.90. The molecule has 0 nitrogen and oxygen atoms in total. The van der Waals surface area contributed by atoms with Gasteiger partial charge in [0.15, 0.2) is 0 Å². The van der Waals surface area contributed by atoms with Crippen molar-refractivity contribution < 1.29 is 12.6 Å². The van der Waals surface area contributed by atoms with Gasteiger partial charge in [-0.15, -0.1) is 0 Å². The molecule has 0 unspecified atom stereocenters. The molecule has 0 spiro atoms. The zero-order chi connectivity index (χ0) is 9.69. The van der Waals surface area contributed by atoms with Crippen molar-refractivity contribution in [2.24, 2.45) is 0 Å². The Kier molecular flexibility index (Phi) is 4.54. The maximum absolute atomic E-state index is 12.9. The molecule has 0 rings (SSSR count). The van der Waals surface area contributed by atoms with Crippen LogP contribution < -0.4 is 0 Å². The van der Waals surface area contributed by atoms with E-state index in [9.17, 15) is 12.6 Å². The van der Waals surface area contributed by atoms with Crippen molar-refractivity contribution in [1.29, 1.82) is 0 Å². The van der Waals surface area contributed by atoms with Crippen LogP contribution in [0.2, 0.25) is 0 Å². The third-order valence-corrected chi connectivity index (χ3v) is 4.13. The van der Waals surface area contributed by atoms with E-state index >= 15 is 0 Å². The van der Waals surface area contributed by atoms with Crippen LogP contribution in [-0.4, -0.2) is 12.3 Å². The monoisotopic (exact) mass is 202 g/mol. The first-order chi connectivity index (χ1) is 5.39. The van der Waals surface area contributed by atoms with E-state index in [1.807, 2.05) is 0 Å². The minimum atomic E-state index is -5.71. The van der Waals surface area contributed by atoms with E-state index in [0.717, 1.165) is 0 Å². The first-order valence-corrected chi connectivity index (χ1v) is 6.83. The third kappa shape index (κ3) is 5.82. The van der Waals surface area contributed by atoms with Crippen LogP contribution in [0.25, 0.3) is 0 Å². The van der Waals surface area contributed by atoms with Crippen molar-refractivity contribution in [2.75, 3.05) is 12.3 Å². The van der Waals surface area contributed by atoms with Gasteiger partial charge in [-0.3, -0.25) is 0 Å². The second-order valence-electron chi connectivity index (χ2n) is 3.29. The van der Waals surface area contributed by atoms with Crippen LogP contribution in [0.15, 0.2) is 0 Å². The van der Waals surface area contributed by atoms with Gasteiger partial charge in [0.05, 0.1) is 0 Å². The summed E-state index contributed by atoms with van der Waals surface area (Å²) < 4.78 is 38.8. The fourth-order valence-electron chi connectivity index (χ4n) is 1.01. The van der Waals surface area contributed by atoms with Crippen LogP contribution in [0, 0.1) is 0 Å². The van der Waals surface area contributed by atoms with E-state index in [1.54, 1.807) is 13.8 Å². The molecule has 0 saturated heterocycles. The zero-order valence-electron chi connectivity index (χ0n) is 7.82. The summed E-state index contributed by atoms with van der Waals surface area (Å²) in [7, 11) is -5.71. The quantitative estimate of drug-likeness (QED) is 0.543. The summed E-state index contributed by atoms with van der Waals surface area (Å²) in [4.78, 5) is 0. The number of rotatable bonds is 6. The standard InChI is InChI=1S/C8H18F3P/c1-3-5-7-12(9,10,11)8-6-4-2/h3-8H2,1-2H3. The van der Waals surface area contributed by atoms with Gasteiger partial charge in [-0.1, -0.05) is 0 Å². The Bertz CT molecular complexity index is 116. The van der Waals surface area contributed by atoms with Crippen molar-refractivity contribution >= 4 is 7.54 Å². The predicted octanol–water partition coefficient (Wildman–Crippen LogP) is 4.79. The summed E-state index contributed by atoms with van der Waals surface area (Å²) in [5, 5.41) is 0. The molecule has 0 radical (unpaired) electrons. The van der Waals surface area contributed by atoms with Crippen LogP contribution in [0.4, 0.5) is 12.6 Å². The molecule has 0 saturated carbocycles. The van der Waals surface area contributed by atoms with Gasteiger partial charge >= 0.3 is 72.0 Å². The molecule has 0 aliphatic carbocycles. The Labute approximate surface area is 72.8 Å². The van der Waals surface area contributed by atoms with Gasteiger partial charge in [0, 0.05) is 0 Å². The topological polar surface area (TPSA) is 0 Å². The van der Waals surface area contributed by atoms with Crippen LogP contribution in [0.1, 0.15) is 39.5 Å². The summed E-state index contributed by atoms with van der Waals surface area (Å²) >= 11 is 0.